The van der Waals surface area contributed by atoms with Crippen LogP contribution in [0.25, 0.3) is 0 Å². The van der Waals surface area contributed by atoms with E-state index >= 15 is 0 Å². The molecule has 1 atom stereocenters. The van der Waals surface area contributed by atoms with Crippen molar-refractivity contribution in [1.82, 2.24) is 0 Å². The summed E-state index contributed by atoms with van der Waals surface area (Å²) in [5.74, 6) is 0. The largest absolute Gasteiger partial charge is 0.281 e. The highest BCUT2D eigenvalue weighted by atomic mass is 35.5. The molecule has 1 rings (SSSR count). The molecule has 82 valence electrons. The standard InChI is InChI=1S/C13H17ClO/c1-4-13(3,11(14)15)12(2)9-7-5-6-8-10-12/h5-10H,4H2,1-3H3. The number of halogens is 1. The van der Waals surface area contributed by atoms with Gasteiger partial charge >= 0.3 is 0 Å². The van der Waals surface area contributed by atoms with E-state index in [-0.39, 0.29) is 10.7 Å². The molecule has 15 heavy (non-hydrogen) atoms. The molecule has 1 unspecified atom stereocenters. The molecule has 2 heteroatoms. The zero-order chi connectivity index (χ0) is 11.5. The zero-order valence-electron chi connectivity index (χ0n) is 9.46. The van der Waals surface area contributed by atoms with Crippen LogP contribution in [0.1, 0.15) is 27.2 Å². The lowest BCUT2D eigenvalue weighted by molar-refractivity contribution is -0.123. The molecular formula is C13H17ClO. The van der Waals surface area contributed by atoms with Crippen LogP contribution >= 0.6 is 11.6 Å². The third kappa shape index (κ3) is 2.07. The van der Waals surface area contributed by atoms with Crippen molar-refractivity contribution in [2.24, 2.45) is 10.8 Å². The molecule has 0 aromatic heterocycles. The van der Waals surface area contributed by atoms with Gasteiger partial charge in [0.05, 0.1) is 5.41 Å². The Kier molecular flexibility index (Phi) is 3.56. The monoisotopic (exact) mass is 224 g/mol. The molecule has 0 spiro atoms. The molecule has 0 saturated heterocycles. The third-order valence-electron chi connectivity index (χ3n) is 3.55. The molecule has 0 aliphatic heterocycles. The lowest BCUT2D eigenvalue weighted by Gasteiger charge is -2.39. The molecule has 0 N–H and O–H groups in total. The number of carbonyl (C=O) groups excluding carboxylic acids is 1. The second-order valence-electron chi connectivity index (χ2n) is 4.35. The summed E-state index contributed by atoms with van der Waals surface area (Å²) in [5.41, 5.74) is -0.863. The van der Waals surface area contributed by atoms with Gasteiger partial charge in [-0.2, -0.15) is 0 Å². The van der Waals surface area contributed by atoms with Gasteiger partial charge in [-0.3, -0.25) is 4.79 Å². The summed E-state index contributed by atoms with van der Waals surface area (Å²) in [6, 6.07) is 0. The molecule has 0 aromatic carbocycles. The molecule has 0 heterocycles. The van der Waals surface area contributed by atoms with E-state index in [0.29, 0.717) is 0 Å². The van der Waals surface area contributed by atoms with Gasteiger partial charge in [-0.25, -0.2) is 0 Å². The Labute approximate surface area is 96.5 Å². The van der Waals surface area contributed by atoms with Crippen LogP contribution in [0.4, 0.5) is 0 Å². The van der Waals surface area contributed by atoms with Crippen molar-refractivity contribution >= 4 is 16.8 Å². The second kappa shape index (κ2) is 4.36. The van der Waals surface area contributed by atoms with E-state index in [2.05, 4.69) is 0 Å². The normalized spacial score (nSPS) is 22.1. The number of allylic oxidation sites excluding steroid dienone is 6. The van der Waals surface area contributed by atoms with E-state index in [1.54, 1.807) is 0 Å². The van der Waals surface area contributed by atoms with Crippen molar-refractivity contribution in [3.63, 3.8) is 0 Å². The highest BCUT2D eigenvalue weighted by Gasteiger charge is 2.44. The maximum absolute atomic E-state index is 11.6. The number of carbonyl (C=O) groups is 1. The molecule has 1 aliphatic rings. The van der Waals surface area contributed by atoms with Crippen molar-refractivity contribution in [2.75, 3.05) is 0 Å². The van der Waals surface area contributed by atoms with Crippen LogP contribution in [-0.4, -0.2) is 5.24 Å². The first-order chi connectivity index (χ1) is 6.96. The first-order valence-corrected chi connectivity index (χ1v) is 5.58. The van der Waals surface area contributed by atoms with Crippen molar-refractivity contribution in [3.8, 4) is 0 Å². The third-order valence-corrected chi connectivity index (χ3v) is 3.97. The van der Waals surface area contributed by atoms with Crippen LogP contribution in [0.15, 0.2) is 36.5 Å². The van der Waals surface area contributed by atoms with E-state index in [1.807, 2.05) is 57.2 Å². The van der Waals surface area contributed by atoms with Gasteiger partial charge in [0.25, 0.3) is 0 Å². The minimum Gasteiger partial charge on any atom is -0.281 e. The Morgan fingerprint density at radius 2 is 1.73 bits per heavy atom. The predicted octanol–water partition coefficient (Wildman–Crippen LogP) is 3.86. The molecule has 0 saturated carbocycles. The molecule has 0 aromatic rings. The molecule has 0 bridgehead atoms. The van der Waals surface area contributed by atoms with Crippen LogP contribution in [0.2, 0.25) is 0 Å². The average Bonchev–Trinajstić information content (AvgIpc) is 2.42. The maximum atomic E-state index is 11.6. The second-order valence-corrected chi connectivity index (χ2v) is 4.69. The van der Waals surface area contributed by atoms with E-state index in [0.717, 1.165) is 6.42 Å². The molecule has 1 aliphatic carbocycles. The summed E-state index contributed by atoms with van der Waals surface area (Å²) in [7, 11) is 0. The fraction of sp³-hybridized carbons (Fsp3) is 0.462. The fourth-order valence-corrected chi connectivity index (χ4v) is 2.13. The van der Waals surface area contributed by atoms with Gasteiger partial charge in [0.1, 0.15) is 0 Å². The lowest BCUT2D eigenvalue weighted by Crippen LogP contribution is -2.39. The minimum absolute atomic E-state index is 0.274. The van der Waals surface area contributed by atoms with Crippen LogP contribution in [0.5, 0.6) is 0 Å². The zero-order valence-corrected chi connectivity index (χ0v) is 10.2. The summed E-state index contributed by atoms with van der Waals surface area (Å²) in [4.78, 5) is 11.6. The summed E-state index contributed by atoms with van der Waals surface area (Å²) in [6.45, 7) is 5.95. The Morgan fingerprint density at radius 3 is 2.07 bits per heavy atom. The highest BCUT2D eigenvalue weighted by molar-refractivity contribution is 6.64. The fourth-order valence-electron chi connectivity index (χ4n) is 1.79. The van der Waals surface area contributed by atoms with Crippen LogP contribution in [0, 0.1) is 10.8 Å². The lowest BCUT2D eigenvalue weighted by atomic mass is 9.64. The van der Waals surface area contributed by atoms with Crippen LogP contribution in [-0.2, 0) is 4.79 Å². The average molecular weight is 225 g/mol. The van der Waals surface area contributed by atoms with E-state index in [9.17, 15) is 4.79 Å². The molecular weight excluding hydrogens is 208 g/mol. The Balaban J connectivity index is 3.18. The summed E-state index contributed by atoms with van der Waals surface area (Å²) in [5, 5.41) is -0.274. The Hall–Kier alpha value is -0.820. The molecule has 0 amide bonds. The number of hydrogen-bond acceptors (Lipinski definition) is 1. The van der Waals surface area contributed by atoms with Gasteiger partial charge in [-0.15, -0.1) is 0 Å². The molecule has 0 fully saturated rings. The SMILES string of the molecule is CCC(C)(C(=O)Cl)C1(C)C=CC=CC=C1. The van der Waals surface area contributed by atoms with Crippen molar-refractivity contribution in [3.05, 3.63) is 36.5 Å². The first-order valence-electron chi connectivity index (χ1n) is 5.20. The molecule has 0 radical (unpaired) electrons. The van der Waals surface area contributed by atoms with Gasteiger partial charge in [0, 0.05) is 5.41 Å². The summed E-state index contributed by atoms with van der Waals surface area (Å²) in [6.07, 6.45) is 12.6. The van der Waals surface area contributed by atoms with Gasteiger partial charge in [-0.1, -0.05) is 57.2 Å². The van der Waals surface area contributed by atoms with Gasteiger partial charge < -0.3 is 0 Å². The van der Waals surface area contributed by atoms with Crippen molar-refractivity contribution in [1.29, 1.82) is 0 Å². The Bertz CT molecular complexity index is 322. The van der Waals surface area contributed by atoms with Crippen molar-refractivity contribution < 1.29 is 4.79 Å². The highest BCUT2D eigenvalue weighted by Crippen LogP contribution is 2.46. The van der Waals surface area contributed by atoms with E-state index in [1.165, 1.54) is 0 Å². The quantitative estimate of drug-likeness (QED) is 0.666. The number of rotatable bonds is 3. The summed E-state index contributed by atoms with van der Waals surface area (Å²) >= 11 is 5.73. The predicted molar refractivity (Wildman–Crippen MR) is 64.8 cm³/mol. The van der Waals surface area contributed by atoms with Crippen LogP contribution in [0.3, 0.4) is 0 Å². The smallest absolute Gasteiger partial charge is 0.228 e. The topological polar surface area (TPSA) is 17.1 Å². The number of hydrogen-bond donors (Lipinski definition) is 0. The van der Waals surface area contributed by atoms with E-state index in [4.69, 9.17) is 11.6 Å². The summed E-state index contributed by atoms with van der Waals surface area (Å²) < 4.78 is 0. The first kappa shape index (κ1) is 12.3. The molecule has 1 nitrogen and oxygen atoms in total. The van der Waals surface area contributed by atoms with Gasteiger partial charge in [0.15, 0.2) is 0 Å². The van der Waals surface area contributed by atoms with E-state index < -0.39 is 5.41 Å². The Morgan fingerprint density at radius 1 is 1.27 bits per heavy atom. The van der Waals surface area contributed by atoms with Crippen LogP contribution < -0.4 is 0 Å². The minimum atomic E-state index is -0.548. The van der Waals surface area contributed by atoms with Crippen molar-refractivity contribution in [2.45, 2.75) is 27.2 Å². The van der Waals surface area contributed by atoms with Gasteiger partial charge in [0.2, 0.25) is 5.24 Å². The van der Waals surface area contributed by atoms with Gasteiger partial charge in [-0.05, 0) is 18.0 Å². The maximum Gasteiger partial charge on any atom is 0.228 e.